The van der Waals surface area contributed by atoms with E-state index < -0.39 is 15.4 Å². The number of imidazole rings is 1. The fraction of sp³-hybridized carbons (Fsp3) is 0.500. The first kappa shape index (κ1) is 15.6. The SMILES string of the molecule is CC(Cl)c1nc2cc(I)ccc2n1C1(C)CCS(=O)(=O)C1. The second-order valence-electron chi connectivity index (χ2n) is 5.89. The Kier molecular flexibility index (Phi) is 3.77. The zero-order valence-corrected chi connectivity index (χ0v) is 15.5. The minimum Gasteiger partial charge on any atom is -0.320 e. The average Bonchev–Trinajstić information content (AvgIpc) is 2.87. The van der Waals surface area contributed by atoms with E-state index in [1.807, 2.05) is 36.6 Å². The van der Waals surface area contributed by atoms with Crippen LogP contribution in [0.4, 0.5) is 0 Å². The Morgan fingerprint density at radius 1 is 1.48 bits per heavy atom. The van der Waals surface area contributed by atoms with Crippen molar-refractivity contribution in [1.82, 2.24) is 9.55 Å². The maximum Gasteiger partial charge on any atom is 0.152 e. The van der Waals surface area contributed by atoms with Crippen molar-refractivity contribution < 1.29 is 8.42 Å². The van der Waals surface area contributed by atoms with E-state index in [-0.39, 0.29) is 16.9 Å². The van der Waals surface area contributed by atoms with Gasteiger partial charge in [-0.1, -0.05) is 0 Å². The van der Waals surface area contributed by atoms with E-state index in [0.29, 0.717) is 6.42 Å². The van der Waals surface area contributed by atoms with Crippen LogP contribution in [-0.2, 0) is 15.4 Å². The molecule has 1 aromatic carbocycles. The van der Waals surface area contributed by atoms with Gasteiger partial charge in [0.15, 0.2) is 9.84 Å². The van der Waals surface area contributed by atoms with Gasteiger partial charge < -0.3 is 4.57 Å². The number of rotatable bonds is 2. The zero-order valence-electron chi connectivity index (χ0n) is 11.8. The summed E-state index contributed by atoms with van der Waals surface area (Å²) in [6, 6.07) is 6.02. The van der Waals surface area contributed by atoms with Crippen molar-refractivity contribution in [1.29, 1.82) is 0 Å². The number of aromatic nitrogens is 2. The molecule has 0 amide bonds. The smallest absolute Gasteiger partial charge is 0.152 e. The third-order valence-corrected chi connectivity index (χ3v) is 6.77. The normalized spacial score (nSPS) is 26.3. The highest BCUT2D eigenvalue weighted by molar-refractivity contribution is 14.1. The lowest BCUT2D eigenvalue weighted by atomic mass is 10.0. The van der Waals surface area contributed by atoms with Crippen LogP contribution in [0.25, 0.3) is 11.0 Å². The van der Waals surface area contributed by atoms with Gasteiger partial charge in [-0.15, -0.1) is 11.6 Å². The Hall–Kier alpha value is -0.340. The molecular weight excluding hydrogens is 423 g/mol. The second-order valence-corrected chi connectivity index (χ2v) is 9.98. The summed E-state index contributed by atoms with van der Waals surface area (Å²) in [5.74, 6) is 1.12. The molecule has 4 nitrogen and oxygen atoms in total. The number of nitrogens with zero attached hydrogens (tertiary/aromatic N) is 2. The largest absolute Gasteiger partial charge is 0.320 e. The van der Waals surface area contributed by atoms with Crippen LogP contribution in [-0.4, -0.2) is 29.5 Å². The summed E-state index contributed by atoms with van der Waals surface area (Å²) in [4.78, 5) is 4.64. The Morgan fingerprint density at radius 3 is 2.76 bits per heavy atom. The highest BCUT2D eigenvalue weighted by Gasteiger charge is 2.42. The van der Waals surface area contributed by atoms with Crippen LogP contribution in [0, 0.1) is 3.57 Å². The topological polar surface area (TPSA) is 52.0 Å². The van der Waals surface area contributed by atoms with Crippen LogP contribution >= 0.6 is 34.2 Å². The van der Waals surface area contributed by atoms with Gasteiger partial charge in [0, 0.05) is 3.57 Å². The number of fused-ring (bicyclic) bond motifs is 1. The number of hydrogen-bond donors (Lipinski definition) is 0. The molecular formula is C14H16ClIN2O2S. The third kappa shape index (κ3) is 2.70. The first-order valence-corrected chi connectivity index (χ1v) is 10.1. The van der Waals surface area contributed by atoms with E-state index in [9.17, 15) is 8.42 Å². The van der Waals surface area contributed by atoms with E-state index in [4.69, 9.17) is 11.6 Å². The van der Waals surface area contributed by atoms with Gasteiger partial charge in [-0.25, -0.2) is 13.4 Å². The molecule has 1 saturated heterocycles. The van der Waals surface area contributed by atoms with Crippen molar-refractivity contribution in [3.63, 3.8) is 0 Å². The highest BCUT2D eigenvalue weighted by Crippen LogP contribution is 2.37. The molecule has 1 aliphatic heterocycles. The molecule has 0 radical (unpaired) electrons. The van der Waals surface area contributed by atoms with Crippen molar-refractivity contribution in [2.75, 3.05) is 11.5 Å². The van der Waals surface area contributed by atoms with Crippen LogP contribution in [0.15, 0.2) is 18.2 Å². The Bertz CT molecular complexity index is 816. The maximum atomic E-state index is 11.9. The molecule has 1 aliphatic rings. The standard InChI is InChI=1S/C14H16ClIN2O2S/c1-9(15)13-17-11-7-10(16)3-4-12(11)18(13)14(2)5-6-21(19,20)8-14/h3-4,7,9H,5-6,8H2,1-2H3. The summed E-state index contributed by atoms with van der Waals surface area (Å²) in [5.41, 5.74) is 1.35. The molecule has 21 heavy (non-hydrogen) atoms. The number of benzene rings is 1. The van der Waals surface area contributed by atoms with Crippen molar-refractivity contribution in [3.8, 4) is 0 Å². The fourth-order valence-corrected chi connectivity index (χ4v) is 5.81. The lowest BCUT2D eigenvalue weighted by Crippen LogP contribution is -2.33. The molecule has 3 rings (SSSR count). The van der Waals surface area contributed by atoms with Gasteiger partial charge in [-0.3, -0.25) is 0 Å². The van der Waals surface area contributed by atoms with Gasteiger partial charge in [0.05, 0.1) is 33.5 Å². The minimum absolute atomic E-state index is 0.147. The molecule has 2 atom stereocenters. The lowest BCUT2D eigenvalue weighted by Gasteiger charge is -2.28. The molecule has 0 spiro atoms. The molecule has 1 fully saturated rings. The van der Waals surface area contributed by atoms with E-state index >= 15 is 0 Å². The third-order valence-electron chi connectivity index (χ3n) is 4.02. The Balaban J connectivity index is 2.28. The van der Waals surface area contributed by atoms with Crippen LogP contribution in [0.2, 0.25) is 0 Å². The first-order valence-electron chi connectivity index (χ1n) is 6.75. The zero-order chi connectivity index (χ0) is 15.4. The summed E-state index contributed by atoms with van der Waals surface area (Å²) in [6.45, 7) is 3.86. The van der Waals surface area contributed by atoms with Crippen LogP contribution in [0.3, 0.4) is 0 Å². The van der Waals surface area contributed by atoms with E-state index in [1.54, 1.807) is 0 Å². The van der Waals surface area contributed by atoms with Crippen LogP contribution < -0.4 is 0 Å². The number of hydrogen-bond acceptors (Lipinski definition) is 3. The van der Waals surface area contributed by atoms with Gasteiger partial charge >= 0.3 is 0 Å². The first-order chi connectivity index (χ1) is 9.72. The Morgan fingerprint density at radius 2 is 2.19 bits per heavy atom. The molecule has 0 bridgehead atoms. The summed E-state index contributed by atoms with van der Waals surface area (Å²) in [6.07, 6.45) is 0.601. The summed E-state index contributed by atoms with van der Waals surface area (Å²) < 4.78 is 27.0. The minimum atomic E-state index is -2.99. The number of alkyl halides is 1. The van der Waals surface area contributed by atoms with Crippen LogP contribution in [0.5, 0.6) is 0 Å². The molecule has 114 valence electrons. The monoisotopic (exact) mass is 438 g/mol. The number of sulfone groups is 1. The Labute approximate surface area is 142 Å². The summed E-state index contributed by atoms with van der Waals surface area (Å²) in [7, 11) is -2.99. The highest BCUT2D eigenvalue weighted by atomic mass is 127. The van der Waals surface area contributed by atoms with Crippen molar-refractivity contribution in [2.45, 2.75) is 31.2 Å². The molecule has 0 aliphatic carbocycles. The molecule has 1 aromatic heterocycles. The maximum absolute atomic E-state index is 11.9. The molecule has 0 saturated carbocycles. The second kappa shape index (κ2) is 5.09. The van der Waals surface area contributed by atoms with Crippen molar-refractivity contribution >= 4 is 55.1 Å². The molecule has 7 heteroatoms. The van der Waals surface area contributed by atoms with Gasteiger partial charge in [0.1, 0.15) is 5.82 Å². The summed E-state index contributed by atoms with van der Waals surface area (Å²) in [5, 5.41) is -0.268. The quantitative estimate of drug-likeness (QED) is 0.533. The van der Waals surface area contributed by atoms with E-state index in [2.05, 4.69) is 27.6 Å². The molecule has 0 N–H and O–H groups in total. The van der Waals surface area contributed by atoms with E-state index in [1.165, 1.54) is 0 Å². The number of halogens is 2. The van der Waals surface area contributed by atoms with Crippen LogP contribution in [0.1, 0.15) is 31.5 Å². The predicted octanol–water partition coefficient (Wildman–Crippen LogP) is 3.47. The van der Waals surface area contributed by atoms with Gasteiger partial charge in [-0.05, 0) is 61.1 Å². The lowest BCUT2D eigenvalue weighted by molar-refractivity contribution is 0.363. The van der Waals surface area contributed by atoms with Gasteiger partial charge in [-0.2, -0.15) is 0 Å². The van der Waals surface area contributed by atoms with E-state index in [0.717, 1.165) is 20.4 Å². The fourth-order valence-electron chi connectivity index (χ4n) is 3.08. The average molecular weight is 439 g/mol. The molecule has 2 heterocycles. The van der Waals surface area contributed by atoms with Crippen molar-refractivity contribution in [3.05, 3.63) is 27.6 Å². The predicted molar refractivity (Wildman–Crippen MR) is 93.6 cm³/mol. The van der Waals surface area contributed by atoms with Gasteiger partial charge in [0.25, 0.3) is 0 Å². The molecule has 2 aromatic rings. The summed E-state index contributed by atoms with van der Waals surface area (Å²) >= 11 is 8.54. The molecule has 2 unspecified atom stereocenters. The van der Waals surface area contributed by atoms with Gasteiger partial charge in [0.2, 0.25) is 0 Å². The van der Waals surface area contributed by atoms with Crippen molar-refractivity contribution in [2.24, 2.45) is 0 Å².